The second-order valence-corrected chi connectivity index (χ2v) is 6.99. The summed E-state index contributed by atoms with van der Waals surface area (Å²) in [5.41, 5.74) is 1.13. The third-order valence-corrected chi connectivity index (χ3v) is 5.45. The van der Waals surface area contributed by atoms with Crippen LogP contribution in [0.5, 0.6) is 0 Å². The molecule has 6 heteroatoms. The Balaban J connectivity index is 2.13. The molecule has 18 heavy (non-hydrogen) atoms. The number of aryl methyl sites for hydroxylation is 2. The van der Waals surface area contributed by atoms with Crippen LogP contribution in [-0.4, -0.2) is 24.7 Å². The minimum atomic E-state index is -3.44. The van der Waals surface area contributed by atoms with E-state index in [1.807, 2.05) is 0 Å². The van der Waals surface area contributed by atoms with Crippen LogP contribution in [0.4, 0.5) is 0 Å². The van der Waals surface area contributed by atoms with Gasteiger partial charge in [0.2, 0.25) is 10.0 Å². The molecule has 0 bridgehead atoms. The van der Waals surface area contributed by atoms with Crippen LogP contribution >= 0.6 is 0 Å². The van der Waals surface area contributed by atoms with E-state index in [0.29, 0.717) is 22.2 Å². The van der Waals surface area contributed by atoms with Crippen molar-refractivity contribution in [1.29, 1.82) is 0 Å². The molecule has 0 atom stereocenters. The second kappa shape index (κ2) is 5.01. The predicted molar refractivity (Wildman–Crippen MR) is 69.8 cm³/mol. The number of aromatic nitrogens is 2. The van der Waals surface area contributed by atoms with E-state index in [0.717, 1.165) is 25.7 Å². The SMILES string of the molecule is Cc1n[nH]c(C)c1S(=O)(=O)NC1CCC(C)CC1. The van der Waals surface area contributed by atoms with Crippen LogP contribution in [0.25, 0.3) is 0 Å². The molecule has 0 unspecified atom stereocenters. The highest BCUT2D eigenvalue weighted by atomic mass is 32.2. The van der Waals surface area contributed by atoms with E-state index >= 15 is 0 Å². The van der Waals surface area contributed by atoms with Gasteiger partial charge in [0.05, 0.1) is 11.4 Å². The van der Waals surface area contributed by atoms with Crippen molar-refractivity contribution in [3.05, 3.63) is 11.4 Å². The molecule has 1 saturated carbocycles. The number of nitrogens with one attached hydrogen (secondary N) is 2. The summed E-state index contributed by atoms with van der Waals surface area (Å²) in [5.74, 6) is 0.711. The zero-order valence-electron chi connectivity index (χ0n) is 11.2. The minimum absolute atomic E-state index is 0.0694. The molecule has 0 aromatic carbocycles. The minimum Gasteiger partial charge on any atom is -0.281 e. The zero-order valence-corrected chi connectivity index (χ0v) is 12.0. The van der Waals surface area contributed by atoms with E-state index in [9.17, 15) is 8.42 Å². The molecule has 1 aliphatic rings. The Morgan fingerprint density at radius 2 is 1.83 bits per heavy atom. The molecule has 0 aliphatic heterocycles. The van der Waals surface area contributed by atoms with Crippen molar-refractivity contribution in [2.45, 2.75) is 57.4 Å². The van der Waals surface area contributed by atoms with Gasteiger partial charge in [0, 0.05) is 6.04 Å². The molecule has 0 saturated heterocycles. The average Bonchev–Trinajstić information content (AvgIpc) is 2.62. The highest BCUT2D eigenvalue weighted by Crippen LogP contribution is 2.25. The first kappa shape index (κ1) is 13.5. The Kier molecular flexibility index (Phi) is 3.77. The highest BCUT2D eigenvalue weighted by molar-refractivity contribution is 7.89. The number of rotatable bonds is 3. The van der Waals surface area contributed by atoms with E-state index in [-0.39, 0.29) is 6.04 Å². The standard InChI is InChI=1S/C12H21N3O2S/c1-8-4-6-11(7-5-8)15-18(16,17)12-9(2)13-14-10(12)3/h8,11,15H,4-7H2,1-3H3,(H,13,14). The number of hydrogen-bond donors (Lipinski definition) is 2. The van der Waals surface area contributed by atoms with Gasteiger partial charge in [-0.25, -0.2) is 13.1 Å². The fraction of sp³-hybridized carbons (Fsp3) is 0.750. The molecule has 0 spiro atoms. The highest BCUT2D eigenvalue weighted by Gasteiger charge is 2.27. The van der Waals surface area contributed by atoms with E-state index < -0.39 is 10.0 Å². The summed E-state index contributed by atoms with van der Waals surface area (Å²) in [7, 11) is -3.44. The van der Waals surface area contributed by atoms with E-state index in [4.69, 9.17) is 0 Å². The maximum Gasteiger partial charge on any atom is 0.244 e. The Bertz CT molecular complexity index is 494. The summed E-state index contributed by atoms with van der Waals surface area (Å²) < 4.78 is 27.4. The lowest BCUT2D eigenvalue weighted by atomic mass is 9.88. The first-order valence-corrected chi connectivity index (χ1v) is 7.92. The van der Waals surface area contributed by atoms with Crippen molar-refractivity contribution in [1.82, 2.24) is 14.9 Å². The Hall–Kier alpha value is -0.880. The van der Waals surface area contributed by atoms with Crippen LogP contribution in [0, 0.1) is 19.8 Å². The molecule has 102 valence electrons. The molecule has 1 aromatic heterocycles. The number of hydrogen-bond acceptors (Lipinski definition) is 3. The van der Waals surface area contributed by atoms with Crippen molar-refractivity contribution in [3.63, 3.8) is 0 Å². The van der Waals surface area contributed by atoms with Crippen LogP contribution < -0.4 is 4.72 Å². The molecular weight excluding hydrogens is 250 g/mol. The molecule has 1 fully saturated rings. The first-order chi connectivity index (χ1) is 8.40. The molecule has 1 aromatic rings. The summed E-state index contributed by atoms with van der Waals surface area (Å²) in [4.78, 5) is 0.307. The van der Waals surface area contributed by atoms with Gasteiger partial charge in [-0.1, -0.05) is 6.92 Å². The van der Waals surface area contributed by atoms with Gasteiger partial charge in [0.15, 0.2) is 0 Å². The Morgan fingerprint density at radius 3 is 2.33 bits per heavy atom. The van der Waals surface area contributed by atoms with E-state index in [2.05, 4.69) is 21.8 Å². The normalized spacial score (nSPS) is 25.3. The molecular formula is C12H21N3O2S. The summed E-state index contributed by atoms with van der Waals surface area (Å²) in [6.45, 7) is 5.66. The lowest BCUT2D eigenvalue weighted by Crippen LogP contribution is -2.37. The van der Waals surface area contributed by atoms with Crippen molar-refractivity contribution in [2.75, 3.05) is 0 Å². The van der Waals surface area contributed by atoms with Gasteiger partial charge in [0.25, 0.3) is 0 Å². The predicted octanol–water partition coefficient (Wildman–Crippen LogP) is 1.88. The lowest BCUT2D eigenvalue weighted by Gasteiger charge is -2.26. The van der Waals surface area contributed by atoms with E-state index in [1.165, 1.54) is 0 Å². The van der Waals surface area contributed by atoms with Crippen LogP contribution in [0.1, 0.15) is 44.0 Å². The molecule has 1 aliphatic carbocycles. The van der Waals surface area contributed by atoms with Gasteiger partial charge in [0.1, 0.15) is 4.90 Å². The molecule has 2 N–H and O–H groups in total. The summed E-state index contributed by atoms with van der Waals surface area (Å²) in [5, 5.41) is 6.66. The average molecular weight is 271 g/mol. The van der Waals surface area contributed by atoms with Crippen LogP contribution in [0.15, 0.2) is 4.90 Å². The summed E-state index contributed by atoms with van der Waals surface area (Å²) >= 11 is 0. The van der Waals surface area contributed by atoms with Gasteiger partial charge in [-0.2, -0.15) is 5.10 Å². The lowest BCUT2D eigenvalue weighted by molar-refractivity contribution is 0.332. The molecule has 2 rings (SSSR count). The quantitative estimate of drug-likeness (QED) is 0.881. The third-order valence-electron chi connectivity index (χ3n) is 3.67. The topological polar surface area (TPSA) is 74.8 Å². The Morgan fingerprint density at radius 1 is 1.22 bits per heavy atom. The van der Waals surface area contributed by atoms with Crippen molar-refractivity contribution in [2.24, 2.45) is 5.92 Å². The zero-order chi connectivity index (χ0) is 13.3. The van der Waals surface area contributed by atoms with Gasteiger partial charge in [-0.15, -0.1) is 0 Å². The molecule has 5 nitrogen and oxygen atoms in total. The van der Waals surface area contributed by atoms with Crippen molar-refractivity contribution < 1.29 is 8.42 Å². The largest absolute Gasteiger partial charge is 0.281 e. The molecule has 0 radical (unpaired) electrons. The molecule has 1 heterocycles. The Labute approximate surface area is 108 Å². The van der Waals surface area contributed by atoms with Crippen LogP contribution in [0.2, 0.25) is 0 Å². The van der Waals surface area contributed by atoms with Gasteiger partial charge in [-0.05, 0) is 45.4 Å². The number of sulfonamides is 1. The van der Waals surface area contributed by atoms with Gasteiger partial charge in [-0.3, -0.25) is 5.10 Å². The fourth-order valence-electron chi connectivity index (χ4n) is 2.59. The van der Waals surface area contributed by atoms with Gasteiger partial charge >= 0.3 is 0 Å². The smallest absolute Gasteiger partial charge is 0.244 e. The maximum atomic E-state index is 12.3. The summed E-state index contributed by atoms with van der Waals surface area (Å²) in [6.07, 6.45) is 4.04. The van der Waals surface area contributed by atoms with Crippen molar-refractivity contribution in [3.8, 4) is 0 Å². The molecule has 0 amide bonds. The van der Waals surface area contributed by atoms with E-state index in [1.54, 1.807) is 13.8 Å². The second-order valence-electron chi connectivity index (χ2n) is 5.34. The van der Waals surface area contributed by atoms with Gasteiger partial charge < -0.3 is 0 Å². The maximum absolute atomic E-state index is 12.3. The van der Waals surface area contributed by atoms with Crippen LogP contribution in [0.3, 0.4) is 0 Å². The first-order valence-electron chi connectivity index (χ1n) is 6.44. The summed E-state index contributed by atoms with van der Waals surface area (Å²) in [6, 6.07) is 0.0694. The monoisotopic (exact) mass is 271 g/mol. The fourth-order valence-corrected chi connectivity index (χ4v) is 4.27. The number of nitrogens with zero attached hydrogens (tertiary/aromatic N) is 1. The van der Waals surface area contributed by atoms with Crippen molar-refractivity contribution >= 4 is 10.0 Å². The number of aromatic amines is 1. The number of H-pyrrole nitrogens is 1. The van der Waals surface area contributed by atoms with Crippen LogP contribution in [-0.2, 0) is 10.0 Å². The third kappa shape index (κ3) is 2.75.